The van der Waals surface area contributed by atoms with Crippen molar-refractivity contribution in [1.82, 2.24) is 63.9 Å². The number of nitrogens with one attached hydrogen (secondary N) is 3. The average molecular weight is 1530 g/mol. The first-order chi connectivity index (χ1) is 42.2. The Kier molecular flexibility index (Phi) is 32.6. The molecule has 6 aromatic rings. The molecule has 10 rings (SSSR count). The summed E-state index contributed by atoms with van der Waals surface area (Å²) in [7, 11) is -5.26. The van der Waals surface area contributed by atoms with E-state index in [4.69, 9.17) is 36.1 Å². The predicted octanol–water partition coefficient (Wildman–Crippen LogP) is 2.57. The first kappa shape index (κ1) is 89.0. The molecule has 2 saturated heterocycles. The zero-order valence-electron chi connectivity index (χ0n) is 56.6. The van der Waals surface area contributed by atoms with E-state index in [9.17, 15) is 52.8 Å². The summed E-state index contributed by atoms with van der Waals surface area (Å²) in [5.74, 6) is 0.391. The van der Waals surface area contributed by atoms with Gasteiger partial charge in [-0.3, -0.25) is 23.7 Å². The van der Waals surface area contributed by atoms with Gasteiger partial charge in [0.15, 0.2) is 11.6 Å². The van der Waals surface area contributed by atoms with Crippen LogP contribution in [0.15, 0.2) is 58.6 Å². The molecule has 39 heteroatoms. The van der Waals surface area contributed by atoms with E-state index in [0.717, 1.165) is 12.3 Å². The van der Waals surface area contributed by atoms with Crippen molar-refractivity contribution in [2.45, 2.75) is 154 Å². The van der Waals surface area contributed by atoms with Gasteiger partial charge >= 0.3 is 115 Å². The van der Waals surface area contributed by atoms with E-state index < -0.39 is 55.0 Å². The summed E-state index contributed by atoms with van der Waals surface area (Å²) in [4.78, 5) is 48.1. The summed E-state index contributed by atoms with van der Waals surface area (Å²) in [6.07, 6.45) is -3.21. The first-order valence-corrected chi connectivity index (χ1v) is 32.1. The number of hydrogen-bond donors (Lipinski definition) is 3. The number of carbonyl (C=O) groups excluding carboxylic acids is 3. The molecule has 2 aliphatic carbocycles. The van der Waals surface area contributed by atoms with Crippen molar-refractivity contribution in [1.29, 1.82) is 0 Å². The second-order valence-electron chi connectivity index (χ2n) is 24.6. The van der Waals surface area contributed by atoms with Gasteiger partial charge < -0.3 is 31.3 Å². The van der Waals surface area contributed by atoms with Crippen LogP contribution in [0, 0.1) is 50.4 Å². The fourth-order valence-corrected chi connectivity index (χ4v) is 14.3. The van der Waals surface area contributed by atoms with Crippen molar-refractivity contribution < 1.29 is 181 Å². The number of ether oxygens (including phenoxy) is 2. The number of hydrogen-bond acceptors (Lipinski definition) is 19. The van der Waals surface area contributed by atoms with Gasteiger partial charge in [-0.15, -0.1) is 22.6 Å². The Bertz CT molecular complexity index is 3900. The molecule has 4 fully saturated rings. The minimum absolute atomic E-state index is 0. The van der Waals surface area contributed by atoms with E-state index in [1.165, 1.54) is 81.2 Å². The summed E-state index contributed by atoms with van der Waals surface area (Å²) in [6, 6.07) is 8.66. The fraction of sp³-hybridized carbons (Fsp3) is 0.561. The molecular formula is C57H80Cl2F6K2N14O11S4. The molecule has 4 aliphatic rings. The number of anilines is 1. The van der Waals surface area contributed by atoms with Crippen LogP contribution >= 0.6 is 51.0 Å². The Morgan fingerprint density at radius 1 is 0.698 bits per heavy atom. The summed E-state index contributed by atoms with van der Waals surface area (Å²) < 4.78 is 151. The Hall–Kier alpha value is -3.10. The number of alkyl halides is 6. The molecule has 0 spiro atoms. The van der Waals surface area contributed by atoms with Crippen LogP contribution in [0.2, 0.25) is 5.15 Å². The van der Waals surface area contributed by atoms with Crippen LogP contribution in [0.3, 0.4) is 0 Å². The fourth-order valence-electron chi connectivity index (χ4n) is 11.2. The Labute approximate surface area is 665 Å². The number of pyridine rings is 2. The van der Waals surface area contributed by atoms with Crippen LogP contribution in [0.25, 0.3) is 11.6 Å². The third-order valence-corrected chi connectivity index (χ3v) is 19.8. The maximum absolute atomic E-state index is 13.6. The number of amides is 2. The topological polar surface area (TPSA) is 307 Å². The number of rotatable bonds is 18. The van der Waals surface area contributed by atoms with Crippen LogP contribution in [-0.2, 0) is 43.8 Å². The molecule has 2 saturated carbocycles. The van der Waals surface area contributed by atoms with Crippen LogP contribution < -0.4 is 137 Å². The minimum atomic E-state index is -4.25. The van der Waals surface area contributed by atoms with Gasteiger partial charge in [-0.25, -0.2) is 45.6 Å². The monoisotopic (exact) mass is 1530 g/mol. The minimum Gasteiger partial charge on any atom is -1.00 e. The maximum atomic E-state index is 13.6. The zero-order chi connectivity index (χ0) is 67.6. The molecule has 0 bridgehead atoms. The largest absolute Gasteiger partial charge is 1.00 e. The quantitative estimate of drug-likeness (QED) is 0.0278. The zero-order valence-corrected chi connectivity index (χ0v) is 67.1. The molecule has 8 heterocycles. The Balaban J connectivity index is 0.000000791. The number of sulfonamides is 2. The van der Waals surface area contributed by atoms with E-state index in [1.54, 1.807) is 41.1 Å². The third-order valence-electron chi connectivity index (χ3n) is 16.4. The number of nitrogens with zero attached hydrogens (tertiary/aromatic N) is 11. The van der Waals surface area contributed by atoms with Crippen molar-refractivity contribution >= 4 is 95.2 Å². The smallest absolute Gasteiger partial charge is 1.00 e. The molecule has 2 aliphatic heterocycles. The van der Waals surface area contributed by atoms with E-state index in [-0.39, 0.29) is 274 Å². The second-order valence-corrected chi connectivity index (χ2v) is 28.2. The standard InChI is InChI=1S/C28H36F3N7O4S.C21H22ClF3N6O4S.C7H15N.CH2O3.ClH.2K.2H2S.H/c1-17-15-26(4,5)37(16-17)24-20(25(39)35-43(40,41)23-18(2)33-36(6)19(23)3)7-8-21(32-24)38-13-9-22(34-38)42-14-12-27(10-11-27)28(29,30)31;1-12-17(13(2)30(3)27-12)36(33,34)29-19(32)14-4-5-15(26-18(14)22)31-10-6-16(28-31)35-11-9-20(7-8-20)21(23,24)25;1-6-4-7(2,3)8-5-6;2-1-4-3;;;;;;/h7-9,13,17H,10-12,14-16H2,1-6H3,(H,35,39);4-6,10H,7-9,11H2,1-3H3,(H,29,32);6,8H,4-5H2,1-3H3;1,3H;1H;;;2*1H2;/q;;;;;2*+1;;;-1/p-1/t17-;;6-;;;;;;;/m0.0......./s1. The van der Waals surface area contributed by atoms with Gasteiger partial charge in [0.1, 0.15) is 20.8 Å². The van der Waals surface area contributed by atoms with E-state index in [2.05, 4.69) is 68.0 Å². The number of halogens is 8. The van der Waals surface area contributed by atoms with Gasteiger partial charge in [0.25, 0.3) is 38.3 Å². The number of aryl methyl sites for hydroxylation is 4. The van der Waals surface area contributed by atoms with Gasteiger partial charge in [0.2, 0.25) is 11.8 Å². The van der Waals surface area contributed by atoms with Crippen molar-refractivity contribution in [2.75, 3.05) is 31.2 Å². The molecule has 2 atom stereocenters. The molecule has 0 aromatic carbocycles. The van der Waals surface area contributed by atoms with Gasteiger partial charge in [0.05, 0.1) is 57.9 Å². The molecular weight excluding hydrogens is 1450 g/mol. The molecule has 526 valence electrons. The summed E-state index contributed by atoms with van der Waals surface area (Å²) in [5, 5.41) is 28.2. The summed E-state index contributed by atoms with van der Waals surface area (Å²) in [5.41, 5.74) is -2.16. The molecule has 3 N–H and O–H groups in total. The molecule has 6 aromatic heterocycles. The number of carbonyl (C=O) groups is 3. The molecule has 0 radical (unpaired) electrons. The normalized spacial score (nSPS) is 17.6. The molecule has 25 nitrogen and oxygen atoms in total. The SMILES string of the molecule is C[C@@H]1CNC(C)(C)C1.Cc1nn(C)c(C)c1S(=O)(=O)NC(=O)c1ccc(-n2ccc(OCCC3(C(F)(F)F)CC3)n2)nc1Cl.Cc1nn(C)c(C)c1S(=O)(=O)NC(=O)c1ccc(-n2ccc(OCCC3(C(F)(F)F)CC3)n2)nc1N1C[C@@H](C)CC1(C)C.Cl.O=CO[O-].S.S.[H-].[K+].[K+]. The third kappa shape index (κ3) is 21.7. The second kappa shape index (κ2) is 35.2. The van der Waals surface area contributed by atoms with Gasteiger partial charge in [-0.1, -0.05) is 25.4 Å². The van der Waals surface area contributed by atoms with Crippen molar-refractivity contribution in [3.8, 4) is 23.4 Å². The average Bonchev–Trinajstić information content (AvgIpc) is 1.60. The van der Waals surface area contributed by atoms with Crippen LogP contribution in [0.5, 0.6) is 11.8 Å². The maximum Gasteiger partial charge on any atom is 1.00 e. The number of aromatic nitrogens is 10. The van der Waals surface area contributed by atoms with Crippen molar-refractivity contribution in [3.05, 3.63) is 87.8 Å². The van der Waals surface area contributed by atoms with Gasteiger partial charge in [0, 0.05) is 56.2 Å². The van der Waals surface area contributed by atoms with E-state index >= 15 is 0 Å². The Morgan fingerprint density at radius 3 is 1.42 bits per heavy atom. The molecule has 0 unspecified atom stereocenters. The molecule has 2 amide bonds. The van der Waals surface area contributed by atoms with Gasteiger partial charge in [-0.05, 0) is 149 Å². The summed E-state index contributed by atoms with van der Waals surface area (Å²) >= 11 is 6.14. The Morgan fingerprint density at radius 2 is 1.10 bits per heavy atom. The van der Waals surface area contributed by atoms with Gasteiger partial charge in [-0.2, -0.15) is 63.5 Å². The van der Waals surface area contributed by atoms with E-state index in [0.29, 0.717) is 29.3 Å². The molecule has 96 heavy (non-hydrogen) atoms. The first-order valence-electron chi connectivity index (χ1n) is 28.8. The van der Waals surface area contributed by atoms with Crippen LogP contribution in [0.4, 0.5) is 32.2 Å². The summed E-state index contributed by atoms with van der Waals surface area (Å²) in [6.45, 7) is 20.5. The predicted molar refractivity (Wildman–Crippen MR) is 345 cm³/mol. The van der Waals surface area contributed by atoms with Crippen LogP contribution in [-0.4, -0.2) is 134 Å². The van der Waals surface area contributed by atoms with Crippen LogP contribution in [0.1, 0.15) is 138 Å². The van der Waals surface area contributed by atoms with E-state index in [1.807, 2.05) is 23.5 Å². The van der Waals surface area contributed by atoms with Crippen molar-refractivity contribution in [3.63, 3.8) is 0 Å². The van der Waals surface area contributed by atoms with Crippen molar-refractivity contribution in [2.24, 2.45) is 36.8 Å².